The summed E-state index contributed by atoms with van der Waals surface area (Å²) in [5.74, 6) is 0. The van der Waals surface area contributed by atoms with E-state index in [1.807, 2.05) is 0 Å². The fourth-order valence-corrected chi connectivity index (χ4v) is 3.67. The number of hydrogen-bond acceptors (Lipinski definition) is 4. The third kappa shape index (κ3) is 4.79. The lowest BCUT2D eigenvalue weighted by atomic mass is 10.0. The van der Waals surface area contributed by atoms with Crippen LogP contribution in [0.5, 0.6) is 0 Å². The second kappa shape index (κ2) is 7.92. The second-order valence-corrected chi connectivity index (χ2v) is 7.24. The summed E-state index contributed by atoms with van der Waals surface area (Å²) in [7, 11) is -3.59. The molecule has 1 fully saturated rings. The minimum Gasteiger partial charge on any atom is -0.370 e. The van der Waals surface area contributed by atoms with Gasteiger partial charge in [-0.15, -0.1) is 0 Å². The number of benzene rings is 1. The first kappa shape index (κ1) is 17.9. The van der Waals surface area contributed by atoms with E-state index in [2.05, 4.69) is 14.8 Å². The fraction of sp³-hybridized carbons (Fsp3) is 0.538. The molecule has 2 atom stereocenters. The van der Waals surface area contributed by atoms with Crippen LogP contribution in [-0.4, -0.2) is 40.7 Å². The van der Waals surface area contributed by atoms with Crippen LogP contribution in [0.15, 0.2) is 18.2 Å². The molecule has 2 rings (SSSR count). The molecule has 1 aliphatic heterocycles. The van der Waals surface area contributed by atoms with Crippen molar-refractivity contribution in [2.45, 2.75) is 19.1 Å². The average molecular weight is 368 g/mol. The fourth-order valence-electron chi connectivity index (χ4n) is 2.29. The normalized spacial score (nSPS) is 23.2. The molecule has 6 nitrogen and oxygen atoms in total. The van der Waals surface area contributed by atoms with Crippen molar-refractivity contribution >= 4 is 33.4 Å². The Morgan fingerprint density at radius 1 is 1.36 bits per heavy atom. The summed E-state index contributed by atoms with van der Waals surface area (Å²) in [6.45, 7) is 3.61. The van der Waals surface area contributed by atoms with Gasteiger partial charge in [-0.1, -0.05) is 36.2 Å². The van der Waals surface area contributed by atoms with E-state index in [-0.39, 0.29) is 0 Å². The summed E-state index contributed by atoms with van der Waals surface area (Å²) in [5, 5.41) is 4.01. The Hall–Kier alpha value is -0.410. The molecular formula is C13H19Cl2N3O3S. The highest BCUT2D eigenvalue weighted by atomic mass is 35.5. The Labute approximate surface area is 140 Å². The van der Waals surface area contributed by atoms with E-state index in [1.54, 1.807) is 25.1 Å². The summed E-state index contributed by atoms with van der Waals surface area (Å²) in [6, 6.07) is 4.72. The van der Waals surface area contributed by atoms with Gasteiger partial charge in [0.25, 0.3) is 10.2 Å². The maximum atomic E-state index is 12.0. The Morgan fingerprint density at radius 2 is 2.14 bits per heavy atom. The van der Waals surface area contributed by atoms with Gasteiger partial charge >= 0.3 is 0 Å². The molecule has 3 N–H and O–H groups in total. The lowest BCUT2D eigenvalue weighted by Gasteiger charge is -2.26. The smallest absolute Gasteiger partial charge is 0.277 e. The van der Waals surface area contributed by atoms with Gasteiger partial charge < -0.3 is 10.1 Å². The zero-order valence-electron chi connectivity index (χ0n) is 12.1. The summed E-state index contributed by atoms with van der Waals surface area (Å²) in [5.41, 5.74) is 0.780. The van der Waals surface area contributed by atoms with Crippen molar-refractivity contribution in [2.75, 3.05) is 26.2 Å². The topological polar surface area (TPSA) is 79.5 Å². The van der Waals surface area contributed by atoms with Gasteiger partial charge in [0.1, 0.15) is 6.10 Å². The third-order valence-corrected chi connectivity index (χ3v) is 5.24. The summed E-state index contributed by atoms with van der Waals surface area (Å²) in [6.07, 6.45) is -0.446. The van der Waals surface area contributed by atoms with E-state index in [0.717, 1.165) is 5.56 Å². The van der Waals surface area contributed by atoms with Crippen molar-refractivity contribution in [2.24, 2.45) is 0 Å². The first-order chi connectivity index (χ1) is 10.4. The largest absolute Gasteiger partial charge is 0.370 e. The van der Waals surface area contributed by atoms with Crippen LogP contribution in [0.1, 0.15) is 18.6 Å². The molecule has 0 spiro atoms. The van der Waals surface area contributed by atoms with Crippen molar-refractivity contribution in [1.82, 2.24) is 14.8 Å². The third-order valence-electron chi connectivity index (χ3n) is 3.22. The zero-order valence-corrected chi connectivity index (χ0v) is 14.4. The van der Waals surface area contributed by atoms with Gasteiger partial charge in [0.2, 0.25) is 0 Å². The molecule has 0 saturated carbocycles. The average Bonchev–Trinajstić information content (AvgIpc) is 2.67. The Bertz CT molecular complexity index is 613. The highest BCUT2D eigenvalue weighted by Gasteiger charge is 2.29. The molecule has 1 aromatic carbocycles. The molecule has 22 heavy (non-hydrogen) atoms. The van der Waals surface area contributed by atoms with Crippen LogP contribution in [0.4, 0.5) is 0 Å². The van der Waals surface area contributed by atoms with Crippen LogP contribution in [0.25, 0.3) is 0 Å². The first-order valence-electron chi connectivity index (χ1n) is 6.97. The Morgan fingerprint density at radius 3 is 2.82 bits per heavy atom. The van der Waals surface area contributed by atoms with Crippen LogP contribution in [0.2, 0.25) is 10.0 Å². The van der Waals surface area contributed by atoms with E-state index in [1.165, 1.54) is 0 Å². The van der Waals surface area contributed by atoms with Crippen molar-refractivity contribution in [3.05, 3.63) is 33.8 Å². The van der Waals surface area contributed by atoms with Gasteiger partial charge in [-0.05, 0) is 17.7 Å². The number of rotatable bonds is 5. The molecule has 0 amide bonds. The van der Waals surface area contributed by atoms with Crippen molar-refractivity contribution in [3.63, 3.8) is 0 Å². The van der Waals surface area contributed by atoms with Gasteiger partial charge in [0.05, 0.1) is 22.7 Å². The SMILES string of the molecule is CCNS(=O)(=O)N[C@@H]1CNCCO[C@H]1c1ccc(Cl)c(Cl)c1. The van der Waals surface area contributed by atoms with Gasteiger partial charge in [0, 0.05) is 19.6 Å². The molecule has 1 aromatic rings. The van der Waals surface area contributed by atoms with E-state index in [4.69, 9.17) is 27.9 Å². The molecule has 0 bridgehead atoms. The molecule has 0 radical (unpaired) electrons. The van der Waals surface area contributed by atoms with E-state index < -0.39 is 22.4 Å². The molecule has 1 aliphatic rings. The molecule has 1 saturated heterocycles. The number of halogens is 2. The molecule has 0 aromatic heterocycles. The molecule has 0 unspecified atom stereocenters. The number of hydrogen-bond donors (Lipinski definition) is 3. The van der Waals surface area contributed by atoms with Crippen LogP contribution < -0.4 is 14.8 Å². The maximum absolute atomic E-state index is 12.0. The zero-order chi connectivity index (χ0) is 16.2. The lowest BCUT2D eigenvalue weighted by Crippen LogP contribution is -2.49. The van der Waals surface area contributed by atoms with Gasteiger partial charge in [0.15, 0.2) is 0 Å². The van der Waals surface area contributed by atoms with Crippen LogP contribution in [0.3, 0.4) is 0 Å². The van der Waals surface area contributed by atoms with Crippen LogP contribution in [0, 0.1) is 0 Å². The summed E-state index contributed by atoms with van der Waals surface area (Å²) >= 11 is 12.0. The summed E-state index contributed by atoms with van der Waals surface area (Å²) < 4.78 is 34.7. The van der Waals surface area contributed by atoms with Crippen molar-refractivity contribution in [1.29, 1.82) is 0 Å². The molecule has 0 aliphatic carbocycles. The predicted molar refractivity (Wildman–Crippen MR) is 87.5 cm³/mol. The number of ether oxygens (including phenoxy) is 1. The van der Waals surface area contributed by atoms with Gasteiger partial charge in [-0.2, -0.15) is 13.1 Å². The standard InChI is InChI=1S/C13H19Cl2N3O3S/c1-2-17-22(19,20)18-12-8-16-5-6-21-13(12)9-3-4-10(14)11(15)7-9/h3-4,7,12-13,16-18H,2,5-6,8H2,1H3/t12-,13+/m1/s1. The predicted octanol–water partition coefficient (Wildman–Crippen LogP) is 1.47. The quantitative estimate of drug-likeness (QED) is 0.736. The second-order valence-electron chi connectivity index (χ2n) is 4.89. The maximum Gasteiger partial charge on any atom is 0.277 e. The van der Waals surface area contributed by atoms with Crippen LogP contribution in [-0.2, 0) is 14.9 Å². The van der Waals surface area contributed by atoms with E-state index in [9.17, 15) is 8.42 Å². The van der Waals surface area contributed by atoms with Gasteiger partial charge in [-0.25, -0.2) is 4.72 Å². The first-order valence-corrected chi connectivity index (χ1v) is 9.21. The number of nitrogens with one attached hydrogen (secondary N) is 3. The van der Waals surface area contributed by atoms with Gasteiger partial charge in [-0.3, -0.25) is 0 Å². The molecule has 1 heterocycles. The lowest BCUT2D eigenvalue weighted by molar-refractivity contribution is 0.0492. The highest BCUT2D eigenvalue weighted by molar-refractivity contribution is 7.87. The van der Waals surface area contributed by atoms with E-state index in [0.29, 0.717) is 36.3 Å². The molecule has 124 valence electrons. The monoisotopic (exact) mass is 367 g/mol. The van der Waals surface area contributed by atoms with E-state index >= 15 is 0 Å². The molecule has 9 heteroatoms. The summed E-state index contributed by atoms with van der Waals surface area (Å²) in [4.78, 5) is 0. The van der Waals surface area contributed by atoms with Crippen molar-refractivity contribution in [3.8, 4) is 0 Å². The van der Waals surface area contributed by atoms with Crippen LogP contribution >= 0.6 is 23.2 Å². The Kier molecular flexibility index (Phi) is 6.46. The van der Waals surface area contributed by atoms with Crippen molar-refractivity contribution < 1.29 is 13.2 Å². The Balaban J connectivity index is 2.25. The minimum absolute atomic E-state index is 0.313. The highest BCUT2D eigenvalue weighted by Crippen LogP contribution is 2.29. The molecular weight excluding hydrogens is 349 g/mol. The minimum atomic E-state index is -3.59.